The zero-order valence-corrected chi connectivity index (χ0v) is 6.64. The van der Waals surface area contributed by atoms with E-state index in [0.717, 1.165) is 18.2 Å². The van der Waals surface area contributed by atoms with Crippen LogP contribution in [0.15, 0.2) is 24.3 Å². The molecule has 6 heteroatoms. The van der Waals surface area contributed by atoms with Crippen LogP contribution in [0.25, 0.3) is 0 Å². The van der Waals surface area contributed by atoms with Gasteiger partial charge in [0.15, 0.2) is 0 Å². The highest BCUT2D eigenvalue weighted by Gasteiger charge is 2.30. The van der Waals surface area contributed by atoms with Crippen molar-refractivity contribution in [2.45, 2.75) is 6.18 Å². The second-order valence-electron chi connectivity index (χ2n) is 2.37. The summed E-state index contributed by atoms with van der Waals surface area (Å²) in [5.74, 6) is -0.479. The predicted molar refractivity (Wildman–Crippen MR) is 38.6 cm³/mol. The van der Waals surface area contributed by atoms with Crippen molar-refractivity contribution in [1.82, 2.24) is 0 Å². The van der Waals surface area contributed by atoms with E-state index in [1.54, 1.807) is 0 Å². The fourth-order valence-electron chi connectivity index (χ4n) is 0.829. The average Bonchev–Trinajstić information content (AvgIpc) is 2.01. The Bertz CT molecular complexity index is 345. The highest BCUT2D eigenvalue weighted by molar-refractivity contribution is 5.62. The molecule has 2 nitrogen and oxygen atoms in total. The van der Waals surface area contributed by atoms with Gasteiger partial charge in [0.2, 0.25) is 0 Å². The maximum atomic E-state index is 12.1. The van der Waals surface area contributed by atoms with Gasteiger partial charge in [0.05, 0.1) is 5.56 Å². The summed E-state index contributed by atoms with van der Waals surface area (Å²) in [6, 6.07) is 3.39. The Morgan fingerprint density at radius 2 is 1.93 bits per heavy atom. The van der Waals surface area contributed by atoms with Crippen LogP contribution in [0.1, 0.15) is 5.56 Å². The van der Waals surface area contributed by atoms with E-state index >= 15 is 0 Å². The molecule has 0 heterocycles. The van der Waals surface area contributed by atoms with Gasteiger partial charge in [-0.1, -0.05) is 6.07 Å². The Kier molecular flexibility index (Phi) is 2.73. The Labute approximate surface area is 76.1 Å². The summed E-state index contributed by atoms with van der Waals surface area (Å²) in [7, 11) is 0. The molecule has 0 aliphatic heterocycles. The molecule has 0 fully saturated rings. The van der Waals surface area contributed by atoms with Gasteiger partial charge in [-0.2, -0.15) is 13.2 Å². The van der Waals surface area contributed by atoms with Crippen LogP contribution in [-0.2, 0) is 6.18 Å². The smallest absolute Gasteiger partial charge is 0.401 e. The van der Waals surface area contributed by atoms with Crippen LogP contribution in [0.5, 0.6) is 5.75 Å². The molecule has 0 N–H and O–H groups in total. The number of hydrogen-bond acceptors (Lipinski definition) is 2. The van der Waals surface area contributed by atoms with Crippen LogP contribution in [0.3, 0.4) is 0 Å². The number of hydrogen-bond donors (Lipinski definition) is 0. The van der Waals surface area contributed by atoms with Crippen molar-refractivity contribution in [3.05, 3.63) is 29.8 Å². The zero-order valence-electron chi connectivity index (χ0n) is 6.64. The van der Waals surface area contributed by atoms with Gasteiger partial charge in [-0.05, 0) is 18.2 Å². The Hall–Kier alpha value is -1.59. The molecule has 0 aromatic heterocycles. The molecule has 76 valence electrons. The van der Waals surface area contributed by atoms with Crippen LogP contribution < -0.4 is 4.74 Å². The number of alkyl halides is 3. The van der Waals surface area contributed by atoms with Gasteiger partial charge in [0.1, 0.15) is 5.75 Å². The first kappa shape index (κ1) is 10.5. The Balaban J connectivity index is 2.95. The van der Waals surface area contributed by atoms with Gasteiger partial charge in [-0.15, -0.1) is 4.39 Å². The molecule has 0 saturated heterocycles. The number of rotatable bonds is 1. The third kappa shape index (κ3) is 2.72. The zero-order chi connectivity index (χ0) is 10.8. The monoisotopic (exact) mass is 208 g/mol. The summed E-state index contributed by atoms with van der Waals surface area (Å²) in [6.45, 7) is 0. The largest absolute Gasteiger partial charge is 0.500 e. The second-order valence-corrected chi connectivity index (χ2v) is 2.37. The van der Waals surface area contributed by atoms with Gasteiger partial charge in [-0.25, -0.2) is 4.79 Å². The molecule has 0 amide bonds. The van der Waals surface area contributed by atoms with Gasteiger partial charge in [0, 0.05) is 0 Å². The van der Waals surface area contributed by atoms with Crippen molar-refractivity contribution in [3.63, 3.8) is 0 Å². The van der Waals surface area contributed by atoms with Gasteiger partial charge in [-0.3, -0.25) is 0 Å². The molecule has 0 unspecified atom stereocenters. The molecular formula is C8H4F4O2. The summed E-state index contributed by atoms with van der Waals surface area (Å²) in [5, 5.41) is 0. The van der Waals surface area contributed by atoms with E-state index in [1.807, 2.05) is 0 Å². The van der Waals surface area contributed by atoms with Crippen molar-refractivity contribution in [1.29, 1.82) is 0 Å². The molecule has 0 aliphatic rings. The van der Waals surface area contributed by atoms with Crippen LogP contribution in [-0.4, -0.2) is 6.22 Å². The lowest BCUT2D eigenvalue weighted by molar-refractivity contribution is -0.137. The first-order valence-corrected chi connectivity index (χ1v) is 3.44. The lowest BCUT2D eigenvalue weighted by Gasteiger charge is -2.07. The molecule has 0 bridgehead atoms. The lowest BCUT2D eigenvalue weighted by Crippen LogP contribution is -2.05. The quantitative estimate of drug-likeness (QED) is 0.523. The molecule has 0 atom stereocenters. The minimum absolute atomic E-state index is 0.479. The van der Waals surface area contributed by atoms with Gasteiger partial charge in [0.25, 0.3) is 0 Å². The van der Waals surface area contributed by atoms with E-state index in [9.17, 15) is 22.4 Å². The predicted octanol–water partition coefficient (Wildman–Crippen LogP) is 3.17. The second kappa shape index (κ2) is 3.65. The summed E-state index contributed by atoms with van der Waals surface area (Å²) in [6.07, 6.45) is -6.69. The first-order valence-electron chi connectivity index (χ1n) is 3.44. The Morgan fingerprint density at radius 3 is 2.43 bits per heavy atom. The molecule has 0 saturated carbocycles. The molecule has 0 aliphatic carbocycles. The van der Waals surface area contributed by atoms with E-state index < -0.39 is 23.7 Å². The van der Waals surface area contributed by atoms with Crippen molar-refractivity contribution < 1.29 is 27.1 Å². The van der Waals surface area contributed by atoms with Crippen molar-refractivity contribution in [2.24, 2.45) is 0 Å². The van der Waals surface area contributed by atoms with Crippen molar-refractivity contribution >= 4 is 6.22 Å². The molecular weight excluding hydrogens is 204 g/mol. The fourth-order valence-corrected chi connectivity index (χ4v) is 0.829. The SMILES string of the molecule is O=C(F)Oc1cccc(C(F)(F)F)c1. The number of benzene rings is 1. The van der Waals surface area contributed by atoms with Crippen LogP contribution in [0.2, 0.25) is 0 Å². The average molecular weight is 208 g/mol. The molecule has 1 aromatic carbocycles. The maximum absolute atomic E-state index is 12.1. The topological polar surface area (TPSA) is 26.3 Å². The summed E-state index contributed by atoms with van der Waals surface area (Å²) < 4.78 is 51.7. The number of carbonyl (C=O) groups excluding carboxylic acids is 1. The van der Waals surface area contributed by atoms with E-state index in [1.165, 1.54) is 0 Å². The molecule has 1 aromatic rings. The van der Waals surface area contributed by atoms with Crippen LogP contribution in [0, 0.1) is 0 Å². The van der Waals surface area contributed by atoms with E-state index in [2.05, 4.69) is 4.74 Å². The Morgan fingerprint density at radius 1 is 1.29 bits per heavy atom. The third-order valence-electron chi connectivity index (χ3n) is 1.36. The molecule has 0 radical (unpaired) electrons. The minimum atomic E-state index is -4.54. The van der Waals surface area contributed by atoms with Gasteiger partial charge < -0.3 is 4.74 Å². The summed E-state index contributed by atoms with van der Waals surface area (Å²) >= 11 is 0. The summed E-state index contributed by atoms with van der Waals surface area (Å²) in [5.41, 5.74) is -1.00. The standard InChI is InChI=1S/C8H4F4O2/c9-7(13)14-6-3-1-2-5(4-6)8(10,11)12/h1-4H. The molecule has 0 spiro atoms. The number of carbonyl (C=O) groups is 1. The fraction of sp³-hybridized carbons (Fsp3) is 0.125. The number of halogens is 4. The lowest BCUT2D eigenvalue weighted by atomic mass is 10.2. The van der Waals surface area contributed by atoms with E-state index in [0.29, 0.717) is 6.07 Å². The third-order valence-corrected chi connectivity index (χ3v) is 1.36. The first-order chi connectivity index (χ1) is 6.39. The van der Waals surface area contributed by atoms with Crippen molar-refractivity contribution in [2.75, 3.05) is 0 Å². The van der Waals surface area contributed by atoms with Gasteiger partial charge >= 0.3 is 12.4 Å². The highest BCUT2D eigenvalue weighted by Crippen LogP contribution is 2.31. The van der Waals surface area contributed by atoms with Crippen LogP contribution >= 0.6 is 0 Å². The van der Waals surface area contributed by atoms with E-state index in [4.69, 9.17) is 0 Å². The normalized spacial score (nSPS) is 11.1. The van der Waals surface area contributed by atoms with Crippen molar-refractivity contribution in [3.8, 4) is 5.75 Å². The molecule has 14 heavy (non-hydrogen) atoms. The highest BCUT2D eigenvalue weighted by atomic mass is 19.4. The van der Waals surface area contributed by atoms with Crippen LogP contribution in [0.4, 0.5) is 22.4 Å². The minimum Gasteiger partial charge on any atom is -0.401 e. The molecule has 1 rings (SSSR count). The summed E-state index contributed by atoms with van der Waals surface area (Å²) in [4.78, 5) is 9.80. The maximum Gasteiger partial charge on any atom is 0.500 e. The van der Waals surface area contributed by atoms with E-state index in [-0.39, 0.29) is 0 Å². The number of ether oxygens (including phenoxy) is 1.